The van der Waals surface area contributed by atoms with Gasteiger partial charge in [0.1, 0.15) is 0 Å². The first kappa shape index (κ1) is 21.3. The summed E-state index contributed by atoms with van der Waals surface area (Å²) >= 11 is 1.30. The van der Waals surface area contributed by atoms with Crippen LogP contribution >= 0.6 is 11.8 Å². The second-order valence-electron chi connectivity index (χ2n) is 6.35. The third-order valence-corrected chi connectivity index (χ3v) is 5.11. The summed E-state index contributed by atoms with van der Waals surface area (Å²) in [6.45, 7) is 6.74. The zero-order chi connectivity index (χ0) is 21.3. The predicted octanol–water partition coefficient (Wildman–Crippen LogP) is 3.61. The van der Waals surface area contributed by atoms with Crippen molar-refractivity contribution < 1.29 is 9.59 Å². The summed E-state index contributed by atoms with van der Waals surface area (Å²) in [7, 11) is 0. The summed E-state index contributed by atoms with van der Waals surface area (Å²) in [5.74, 6) is 0.527. The molecule has 2 amide bonds. The van der Waals surface area contributed by atoms with Crippen molar-refractivity contribution in [2.75, 3.05) is 17.6 Å². The van der Waals surface area contributed by atoms with Crippen LogP contribution < -0.4 is 10.6 Å². The van der Waals surface area contributed by atoms with Crippen LogP contribution in [0.3, 0.4) is 0 Å². The number of hydrogen-bond donors (Lipinski definition) is 2. The molecule has 8 heteroatoms. The van der Waals surface area contributed by atoms with Crippen molar-refractivity contribution in [3.63, 3.8) is 0 Å². The van der Waals surface area contributed by atoms with Crippen LogP contribution in [0.15, 0.2) is 72.4 Å². The molecule has 3 rings (SSSR count). The number of carbonyl (C=O) groups is 2. The van der Waals surface area contributed by atoms with Gasteiger partial charge in [0, 0.05) is 29.9 Å². The van der Waals surface area contributed by atoms with Crippen LogP contribution in [-0.2, 0) is 11.3 Å². The minimum absolute atomic E-state index is 0.162. The van der Waals surface area contributed by atoms with E-state index in [2.05, 4.69) is 27.4 Å². The average Bonchev–Trinajstić information content (AvgIpc) is 3.16. The number of nitrogens with one attached hydrogen (secondary N) is 2. The number of nitrogens with zero attached hydrogens (tertiary/aromatic N) is 3. The molecule has 154 valence electrons. The van der Waals surface area contributed by atoms with Crippen LogP contribution in [0.25, 0.3) is 11.4 Å². The van der Waals surface area contributed by atoms with E-state index in [1.807, 2.05) is 41.8 Å². The molecule has 0 aliphatic carbocycles. The molecule has 0 aliphatic heterocycles. The van der Waals surface area contributed by atoms with E-state index in [1.54, 1.807) is 30.3 Å². The zero-order valence-corrected chi connectivity index (χ0v) is 17.5. The molecule has 0 spiro atoms. The normalized spacial score (nSPS) is 10.4. The second kappa shape index (κ2) is 10.4. The van der Waals surface area contributed by atoms with Crippen molar-refractivity contribution >= 4 is 29.3 Å². The van der Waals surface area contributed by atoms with E-state index < -0.39 is 0 Å². The molecule has 0 aliphatic rings. The fraction of sp³-hybridized carbons (Fsp3) is 0.182. The largest absolute Gasteiger partial charge is 0.352 e. The van der Waals surface area contributed by atoms with Gasteiger partial charge in [0.25, 0.3) is 5.91 Å². The first-order valence-electron chi connectivity index (χ1n) is 9.52. The summed E-state index contributed by atoms with van der Waals surface area (Å²) in [5, 5.41) is 14.7. The molecule has 0 saturated carbocycles. The van der Waals surface area contributed by atoms with E-state index in [-0.39, 0.29) is 17.6 Å². The lowest BCUT2D eigenvalue weighted by Crippen LogP contribution is -2.23. The van der Waals surface area contributed by atoms with Crippen molar-refractivity contribution in [2.24, 2.45) is 0 Å². The molecule has 0 unspecified atom stereocenters. The first-order chi connectivity index (χ1) is 14.6. The molecule has 0 radical (unpaired) electrons. The van der Waals surface area contributed by atoms with Gasteiger partial charge in [-0.1, -0.05) is 54.2 Å². The molecule has 30 heavy (non-hydrogen) atoms. The second-order valence-corrected chi connectivity index (χ2v) is 7.29. The highest BCUT2D eigenvalue weighted by molar-refractivity contribution is 7.99. The zero-order valence-electron chi connectivity index (χ0n) is 16.7. The van der Waals surface area contributed by atoms with E-state index in [9.17, 15) is 9.59 Å². The highest BCUT2D eigenvalue weighted by Crippen LogP contribution is 2.24. The highest BCUT2D eigenvalue weighted by atomic mass is 32.2. The molecule has 3 aromatic rings. The summed E-state index contributed by atoms with van der Waals surface area (Å²) in [4.78, 5) is 24.4. The molecular weight excluding hydrogens is 398 g/mol. The topological polar surface area (TPSA) is 88.9 Å². The van der Waals surface area contributed by atoms with Crippen LogP contribution in [0.5, 0.6) is 0 Å². The lowest BCUT2D eigenvalue weighted by molar-refractivity contribution is -0.113. The van der Waals surface area contributed by atoms with Crippen molar-refractivity contribution in [3.8, 4) is 11.4 Å². The Kier molecular flexibility index (Phi) is 7.40. The van der Waals surface area contributed by atoms with Crippen LogP contribution in [-0.4, -0.2) is 38.9 Å². The predicted molar refractivity (Wildman–Crippen MR) is 119 cm³/mol. The molecule has 0 saturated heterocycles. The Balaban J connectivity index is 1.66. The van der Waals surface area contributed by atoms with Crippen LogP contribution in [0.1, 0.15) is 17.3 Å². The van der Waals surface area contributed by atoms with Gasteiger partial charge in [0.15, 0.2) is 11.0 Å². The highest BCUT2D eigenvalue weighted by Gasteiger charge is 2.15. The Morgan fingerprint density at radius 2 is 1.93 bits per heavy atom. The number of allylic oxidation sites excluding steroid dienone is 1. The van der Waals surface area contributed by atoms with Crippen molar-refractivity contribution in [1.29, 1.82) is 0 Å². The lowest BCUT2D eigenvalue weighted by atomic mass is 10.2. The Labute approximate surface area is 179 Å². The third-order valence-electron chi connectivity index (χ3n) is 4.14. The molecule has 7 nitrogen and oxygen atoms in total. The van der Waals surface area contributed by atoms with Crippen molar-refractivity contribution in [3.05, 3.63) is 72.8 Å². The van der Waals surface area contributed by atoms with Crippen LogP contribution in [0, 0.1) is 0 Å². The fourth-order valence-electron chi connectivity index (χ4n) is 2.82. The standard InChI is InChI=1S/C22H23N5O2S/c1-3-13-27-20(16-9-6-5-7-10-16)25-26-22(27)30-15-19(28)24-18-12-8-11-17(14-18)21(29)23-4-2/h3,5-12,14H,1,4,13,15H2,2H3,(H,23,29)(H,24,28). The van der Waals surface area contributed by atoms with Gasteiger partial charge in [-0.2, -0.15) is 0 Å². The van der Waals surface area contributed by atoms with E-state index in [0.717, 1.165) is 11.4 Å². The molecule has 1 aromatic heterocycles. The van der Waals surface area contributed by atoms with Gasteiger partial charge >= 0.3 is 0 Å². The van der Waals surface area contributed by atoms with Crippen LogP contribution in [0.4, 0.5) is 5.69 Å². The van der Waals surface area contributed by atoms with Gasteiger partial charge in [0.05, 0.1) is 5.75 Å². The minimum atomic E-state index is -0.192. The molecule has 1 heterocycles. The number of benzene rings is 2. The summed E-state index contributed by atoms with van der Waals surface area (Å²) in [6.07, 6.45) is 1.77. The van der Waals surface area contributed by atoms with Crippen molar-refractivity contribution in [2.45, 2.75) is 18.6 Å². The molecule has 0 fully saturated rings. The summed E-state index contributed by atoms with van der Waals surface area (Å²) in [5.41, 5.74) is 2.02. The maximum atomic E-state index is 12.4. The number of carbonyl (C=O) groups excluding carboxylic acids is 2. The quantitative estimate of drug-likeness (QED) is 0.407. The van der Waals surface area contributed by atoms with E-state index in [0.29, 0.717) is 29.5 Å². The van der Waals surface area contributed by atoms with E-state index in [1.165, 1.54) is 11.8 Å². The molecular formula is C22H23N5O2S. The number of thioether (sulfide) groups is 1. The fourth-order valence-corrected chi connectivity index (χ4v) is 3.57. The average molecular weight is 422 g/mol. The molecule has 0 bridgehead atoms. The van der Waals surface area contributed by atoms with Gasteiger partial charge in [-0.3, -0.25) is 14.2 Å². The van der Waals surface area contributed by atoms with Gasteiger partial charge in [-0.15, -0.1) is 16.8 Å². The summed E-state index contributed by atoms with van der Waals surface area (Å²) < 4.78 is 1.93. The number of aromatic nitrogens is 3. The Morgan fingerprint density at radius 1 is 1.13 bits per heavy atom. The van der Waals surface area contributed by atoms with Gasteiger partial charge in [-0.05, 0) is 25.1 Å². The SMILES string of the molecule is C=CCn1c(SCC(=O)Nc2cccc(C(=O)NCC)c2)nnc1-c1ccccc1. The van der Waals surface area contributed by atoms with Gasteiger partial charge in [-0.25, -0.2) is 0 Å². The smallest absolute Gasteiger partial charge is 0.251 e. The monoisotopic (exact) mass is 421 g/mol. The Hall–Kier alpha value is -3.39. The summed E-state index contributed by atoms with van der Waals surface area (Å²) in [6, 6.07) is 16.6. The third kappa shape index (κ3) is 5.36. The molecule has 2 N–H and O–H groups in total. The van der Waals surface area contributed by atoms with Gasteiger partial charge in [0.2, 0.25) is 5.91 Å². The van der Waals surface area contributed by atoms with E-state index in [4.69, 9.17) is 0 Å². The maximum absolute atomic E-state index is 12.4. The van der Waals surface area contributed by atoms with E-state index >= 15 is 0 Å². The number of hydrogen-bond acceptors (Lipinski definition) is 5. The molecule has 0 atom stereocenters. The number of anilines is 1. The maximum Gasteiger partial charge on any atom is 0.251 e. The minimum Gasteiger partial charge on any atom is -0.352 e. The molecule has 2 aromatic carbocycles. The van der Waals surface area contributed by atoms with Crippen molar-refractivity contribution in [1.82, 2.24) is 20.1 Å². The lowest BCUT2D eigenvalue weighted by Gasteiger charge is -2.09. The number of rotatable bonds is 9. The Bertz CT molecular complexity index is 1030. The first-order valence-corrected chi connectivity index (χ1v) is 10.5. The number of amides is 2. The Morgan fingerprint density at radius 3 is 2.67 bits per heavy atom. The van der Waals surface area contributed by atoms with Gasteiger partial charge < -0.3 is 10.6 Å². The van der Waals surface area contributed by atoms with Crippen LogP contribution in [0.2, 0.25) is 0 Å².